The van der Waals surface area contributed by atoms with E-state index in [0.717, 1.165) is 29.0 Å². The van der Waals surface area contributed by atoms with Gasteiger partial charge in [0.25, 0.3) is 0 Å². The first-order valence-corrected chi connectivity index (χ1v) is 6.30. The molecule has 0 fully saturated rings. The van der Waals surface area contributed by atoms with E-state index >= 15 is 0 Å². The lowest BCUT2D eigenvalue weighted by atomic mass is 10.2. The molecule has 1 aromatic heterocycles. The summed E-state index contributed by atoms with van der Waals surface area (Å²) in [6.45, 7) is 6.48. The van der Waals surface area contributed by atoms with Crippen molar-refractivity contribution in [2.24, 2.45) is 0 Å². The third kappa shape index (κ3) is 2.83. The minimum absolute atomic E-state index is 0.167. The van der Waals surface area contributed by atoms with E-state index in [0.29, 0.717) is 13.1 Å². The Morgan fingerprint density at radius 2 is 2.00 bits per heavy atom. The summed E-state index contributed by atoms with van der Waals surface area (Å²) >= 11 is 0. The van der Waals surface area contributed by atoms with Crippen LogP contribution >= 0.6 is 0 Å². The topological polar surface area (TPSA) is 49.2 Å². The molecule has 0 aliphatic carbocycles. The largest absolute Gasteiger partial charge is 0.395 e. The quantitative estimate of drug-likeness (QED) is 0.872. The Morgan fingerprint density at radius 1 is 1.22 bits per heavy atom. The first-order chi connectivity index (χ1) is 8.74. The van der Waals surface area contributed by atoms with Crippen LogP contribution in [0.1, 0.15) is 18.4 Å². The fraction of sp³-hybridized carbons (Fsp3) is 0.429. The summed E-state index contributed by atoms with van der Waals surface area (Å²) in [6, 6.07) is 8.04. The summed E-state index contributed by atoms with van der Waals surface area (Å²) in [7, 11) is 0. The SMILES string of the molecule is CCN(CCO)Cc1nc(C)c2ccccc2n1. The number of nitrogens with zero attached hydrogens (tertiary/aromatic N) is 3. The molecule has 4 nitrogen and oxygen atoms in total. The number of benzene rings is 1. The Morgan fingerprint density at radius 3 is 2.72 bits per heavy atom. The van der Waals surface area contributed by atoms with Gasteiger partial charge >= 0.3 is 0 Å². The molecule has 0 saturated carbocycles. The van der Waals surface area contributed by atoms with Gasteiger partial charge in [0.15, 0.2) is 0 Å². The van der Waals surface area contributed by atoms with E-state index in [-0.39, 0.29) is 6.61 Å². The minimum atomic E-state index is 0.167. The molecule has 0 atom stereocenters. The van der Waals surface area contributed by atoms with Gasteiger partial charge in [-0.25, -0.2) is 9.97 Å². The fourth-order valence-electron chi connectivity index (χ4n) is 2.06. The normalized spacial score (nSPS) is 11.3. The molecule has 18 heavy (non-hydrogen) atoms. The molecular weight excluding hydrogens is 226 g/mol. The highest BCUT2D eigenvalue weighted by Gasteiger charge is 2.08. The van der Waals surface area contributed by atoms with Crippen molar-refractivity contribution in [1.29, 1.82) is 0 Å². The Kier molecular flexibility index (Phi) is 4.23. The molecular formula is C14H19N3O. The molecule has 2 rings (SSSR count). The molecule has 0 bridgehead atoms. The minimum Gasteiger partial charge on any atom is -0.395 e. The second-order valence-electron chi connectivity index (χ2n) is 4.33. The van der Waals surface area contributed by atoms with Crippen LogP contribution in [0.5, 0.6) is 0 Å². The zero-order valence-corrected chi connectivity index (χ0v) is 10.9. The summed E-state index contributed by atoms with van der Waals surface area (Å²) in [6.07, 6.45) is 0. The molecule has 0 amide bonds. The van der Waals surface area contributed by atoms with Crippen molar-refractivity contribution in [2.45, 2.75) is 20.4 Å². The van der Waals surface area contributed by atoms with Gasteiger partial charge < -0.3 is 5.11 Å². The first kappa shape index (κ1) is 12.9. The van der Waals surface area contributed by atoms with E-state index in [2.05, 4.69) is 21.8 Å². The molecule has 0 spiro atoms. The molecule has 1 N–H and O–H groups in total. The predicted octanol–water partition coefficient (Wildman–Crippen LogP) is 1.75. The molecule has 1 aromatic carbocycles. The van der Waals surface area contributed by atoms with E-state index in [1.165, 1.54) is 0 Å². The molecule has 1 heterocycles. The van der Waals surface area contributed by atoms with Crippen LogP contribution in [-0.4, -0.2) is 39.7 Å². The third-order valence-corrected chi connectivity index (χ3v) is 3.07. The molecule has 0 radical (unpaired) electrons. The van der Waals surface area contributed by atoms with Crippen molar-refractivity contribution in [3.05, 3.63) is 35.8 Å². The smallest absolute Gasteiger partial charge is 0.143 e. The number of aryl methyl sites for hydroxylation is 1. The number of fused-ring (bicyclic) bond motifs is 1. The average Bonchev–Trinajstić information content (AvgIpc) is 2.38. The van der Waals surface area contributed by atoms with Gasteiger partial charge in [-0.05, 0) is 19.5 Å². The van der Waals surface area contributed by atoms with E-state index in [4.69, 9.17) is 5.11 Å². The third-order valence-electron chi connectivity index (χ3n) is 3.07. The lowest BCUT2D eigenvalue weighted by molar-refractivity contribution is 0.194. The van der Waals surface area contributed by atoms with Gasteiger partial charge in [-0.3, -0.25) is 4.90 Å². The summed E-state index contributed by atoms with van der Waals surface area (Å²) in [5.41, 5.74) is 2.00. The summed E-state index contributed by atoms with van der Waals surface area (Å²) in [5, 5.41) is 10.1. The second-order valence-corrected chi connectivity index (χ2v) is 4.33. The van der Waals surface area contributed by atoms with Crippen molar-refractivity contribution in [1.82, 2.24) is 14.9 Å². The maximum Gasteiger partial charge on any atom is 0.143 e. The van der Waals surface area contributed by atoms with E-state index in [9.17, 15) is 0 Å². The number of rotatable bonds is 5. The summed E-state index contributed by atoms with van der Waals surface area (Å²) in [4.78, 5) is 11.2. The predicted molar refractivity (Wildman–Crippen MR) is 72.3 cm³/mol. The molecule has 96 valence electrons. The highest BCUT2D eigenvalue weighted by molar-refractivity contribution is 5.80. The summed E-state index contributed by atoms with van der Waals surface area (Å²) in [5.74, 6) is 0.821. The Balaban J connectivity index is 2.28. The van der Waals surface area contributed by atoms with Crippen molar-refractivity contribution in [2.75, 3.05) is 19.7 Å². The zero-order valence-electron chi connectivity index (χ0n) is 10.9. The lowest BCUT2D eigenvalue weighted by Crippen LogP contribution is -2.27. The zero-order chi connectivity index (χ0) is 13.0. The van der Waals surface area contributed by atoms with Crippen molar-refractivity contribution >= 4 is 10.9 Å². The van der Waals surface area contributed by atoms with Crippen LogP contribution < -0.4 is 0 Å². The van der Waals surface area contributed by atoms with Crippen LogP contribution in [0.4, 0.5) is 0 Å². The van der Waals surface area contributed by atoms with E-state index in [1.807, 2.05) is 31.2 Å². The number of aromatic nitrogens is 2. The van der Waals surface area contributed by atoms with Gasteiger partial charge in [-0.15, -0.1) is 0 Å². The second kappa shape index (κ2) is 5.89. The van der Waals surface area contributed by atoms with E-state index < -0.39 is 0 Å². The fourth-order valence-corrected chi connectivity index (χ4v) is 2.06. The molecule has 0 aliphatic heterocycles. The molecule has 0 unspecified atom stereocenters. The first-order valence-electron chi connectivity index (χ1n) is 6.30. The van der Waals surface area contributed by atoms with Crippen molar-refractivity contribution < 1.29 is 5.11 Å². The van der Waals surface area contributed by atoms with Gasteiger partial charge in [0.1, 0.15) is 5.82 Å². The number of likely N-dealkylation sites (N-methyl/N-ethyl adjacent to an activating group) is 1. The van der Waals surface area contributed by atoms with Crippen LogP contribution in [0.15, 0.2) is 24.3 Å². The van der Waals surface area contributed by atoms with Crippen LogP contribution in [0.25, 0.3) is 10.9 Å². The lowest BCUT2D eigenvalue weighted by Gasteiger charge is -2.18. The van der Waals surface area contributed by atoms with Crippen LogP contribution in [0.3, 0.4) is 0 Å². The summed E-state index contributed by atoms with van der Waals surface area (Å²) < 4.78 is 0. The average molecular weight is 245 g/mol. The van der Waals surface area contributed by atoms with Crippen LogP contribution in [-0.2, 0) is 6.54 Å². The molecule has 4 heteroatoms. The number of hydrogen-bond donors (Lipinski definition) is 1. The van der Waals surface area contributed by atoms with Gasteiger partial charge in [-0.1, -0.05) is 25.1 Å². The van der Waals surface area contributed by atoms with Gasteiger partial charge in [-0.2, -0.15) is 0 Å². The Hall–Kier alpha value is -1.52. The van der Waals surface area contributed by atoms with Gasteiger partial charge in [0, 0.05) is 17.6 Å². The van der Waals surface area contributed by atoms with Crippen molar-refractivity contribution in [3.8, 4) is 0 Å². The molecule has 2 aromatic rings. The number of hydrogen-bond acceptors (Lipinski definition) is 4. The molecule has 0 saturated heterocycles. The van der Waals surface area contributed by atoms with Crippen LogP contribution in [0, 0.1) is 6.92 Å². The standard InChI is InChI=1S/C14H19N3O/c1-3-17(8-9-18)10-14-15-11(2)12-6-4-5-7-13(12)16-14/h4-7,18H,3,8-10H2,1-2H3. The van der Waals surface area contributed by atoms with Crippen LogP contribution in [0.2, 0.25) is 0 Å². The maximum absolute atomic E-state index is 8.99. The Labute approximate surface area is 107 Å². The van der Waals surface area contributed by atoms with Gasteiger partial charge in [0.2, 0.25) is 0 Å². The Bertz CT molecular complexity index is 527. The monoisotopic (exact) mass is 245 g/mol. The highest BCUT2D eigenvalue weighted by Crippen LogP contribution is 2.15. The number of aliphatic hydroxyl groups is 1. The highest BCUT2D eigenvalue weighted by atomic mass is 16.3. The molecule has 0 aliphatic rings. The number of para-hydroxylation sites is 1. The van der Waals surface area contributed by atoms with E-state index in [1.54, 1.807) is 0 Å². The maximum atomic E-state index is 8.99. The van der Waals surface area contributed by atoms with Crippen molar-refractivity contribution in [3.63, 3.8) is 0 Å². The van der Waals surface area contributed by atoms with Gasteiger partial charge in [0.05, 0.1) is 18.7 Å². The number of aliphatic hydroxyl groups excluding tert-OH is 1.